The van der Waals surface area contributed by atoms with Gasteiger partial charge in [-0.15, -0.1) is 0 Å². The summed E-state index contributed by atoms with van der Waals surface area (Å²) in [7, 11) is 4.82. The molecule has 1 unspecified atom stereocenters. The number of carbonyl (C=O) groups is 1. The van der Waals surface area contributed by atoms with Gasteiger partial charge in [0.1, 0.15) is 30.0 Å². The normalized spacial score (nSPS) is 11.6. The first-order valence-electron chi connectivity index (χ1n) is 8.88. The zero-order chi connectivity index (χ0) is 20.8. The molecule has 0 amide bonds. The number of benzene rings is 2. The summed E-state index contributed by atoms with van der Waals surface area (Å²) >= 11 is 0. The fourth-order valence-electron chi connectivity index (χ4n) is 2.94. The number of nitrogens with zero attached hydrogens (tertiary/aromatic N) is 5. The zero-order valence-corrected chi connectivity index (χ0v) is 16.4. The standard InChI is InChI=1S/C20H21N5O4/c1-25-18-11-15(27-2)8-9-16(18)22-19(25)12-29-14-6-4-13(5-7-14)10-17(23-24-21)20(26)28-3/h4-9,11,17H,10,12H2,1-3H3. The lowest BCUT2D eigenvalue weighted by atomic mass is 10.1. The minimum atomic E-state index is -0.895. The van der Waals surface area contributed by atoms with Gasteiger partial charge in [-0.2, -0.15) is 0 Å². The van der Waals surface area contributed by atoms with Crippen LogP contribution in [-0.4, -0.2) is 35.8 Å². The Labute approximate surface area is 167 Å². The maximum absolute atomic E-state index is 11.6. The van der Waals surface area contributed by atoms with Gasteiger partial charge in [-0.25, -0.2) is 4.98 Å². The number of rotatable bonds is 8. The number of fused-ring (bicyclic) bond motifs is 1. The lowest BCUT2D eigenvalue weighted by Gasteiger charge is -2.10. The summed E-state index contributed by atoms with van der Waals surface area (Å²) in [6.45, 7) is 0.302. The summed E-state index contributed by atoms with van der Waals surface area (Å²) in [4.78, 5) is 18.9. The maximum atomic E-state index is 11.6. The Morgan fingerprint density at radius 2 is 1.93 bits per heavy atom. The number of imidazole rings is 1. The Balaban J connectivity index is 1.67. The first-order valence-corrected chi connectivity index (χ1v) is 8.88. The molecule has 0 saturated carbocycles. The number of hydrogen-bond donors (Lipinski definition) is 0. The predicted octanol–water partition coefficient (Wildman–Crippen LogP) is 3.56. The molecule has 0 aliphatic carbocycles. The van der Waals surface area contributed by atoms with Gasteiger partial charge in [0.2, 0.25) is 0 Å². The van der Waals surface area contributed by atoms with Crippen molar-refractivity contribution < 1.29 is 19.0 Å². The molecule has 29 heavy (non-hydrogen) atoms. The van der Waals surface area contributed by atoms with Crippen LogP contribution in [0.4, 0.5) is 0 Å². The third-order valence-electron chi connectivity index (χ3n) is 4.57. The van der Waals surface area contributed by atoms with Crippen LogP contribution in [-0.2, 0) is 29.6 Å². The van der Waals surface area contributed by atoms with Gasteiger partial charge in [0, 0.05) is 18.0 Å². The number of methoxy groups -OCH3 is 2. The highest BCUT2D eigenvalue weighted by atomic mass is 16.5. The summed E-state index contributed by atoms with van der Waals surface area (Å²) in [6.07, 6.45) is 0.254. The number of aromatic nitrogens is 2. The molecule has 0 radical (unpaired) electrons. The summed E-state index contributed by atoms with van der Waals surface area (Å²) in [5.41, 5.74) is 11.3. The van der Waals surface area contributed by atoms with Gasteiger partial charge in [0.05, 0.1) is 25.3 Å². The Bertz CT molecular complexity index is 1050. The minimum Gasteiger partial charge on any atom is -0.497 e. The molecule has 150 valence electrons. The van der Waals surface area contributed by atoms with Gasteiger partial charge in [0.25, 0.3) is 0 Å². The topological polar surface area (TPSA) is 111 Å². The quantitative estimate of drug-likeness (QED) is 0.251. The first-order chi connectivity index (χ1) is 14.0. The van der Waals surface area contributed by atoms with Crippen molar-refractivity contribution >= 4 is 17.0 Å². The smallest absolute Gasteiger partial charge is 0.314 e. The molecule has 0 saturated heterocycles. The molecule has 0 fully saturated rings. The largest absolute Gasteiger partial charge is 0.497 e. The highest BCUT2D eigenvalue weighted by Crippen LogP contribution is 2.22. The highest BCUT2D eigenvalue weighted by Gasteiger charge is 2.18. The predicted molar refractivity (Wildman–Crippen MR) is 107 cm³/mol. The Morgan fingerprint density at radius 3 is 2.59 bits per heavy atom. The van der Waals surface area contributed by atoms with Crippen LogP contribution in [0.3, 0.4) is 0 Å². The molecule has 2 aromatic carbocycles. The van der Waals surface area contributed by atoms with Gasteiger partial charge in [-0.05, 0) is 41.8 Å². The van der Waals surface area contributed by atoms with Crippen LogP contribution in [0, 0.1) is 0 Å². The van der Waals surface area contributed by atoms with Crippen molar-refractivity contribution in [2.75, 3.05) is 14.2 Å². The number of azide groups is 1. The van der Waals surface area contributed by atoms with Crippen molar-refractivity contribution in [1.82, 2.24) is 9.55 Å². The number of ether oxygens (including phenoxy) is 3. The van der Waals surface area contributed by atoms with E-state index in [-0.39, 0.29) is 6.42 Å². The zero-order valence-electron chi connectivity index (χ0n) is 16.4. The van der Waals surface area contributed by atoms with E-state index in [1.165, 1.54) is 7.11 Å². The molecule has 1 heterocycles. The number of hydrogen-bond acceptors (Lipinski definition) is 6. The molecule has 1 atom stereocenters. The first kappa shape index (κ1) is 20.0. The van der Waals surface area contributed by atoms with Crippen LogP contribution < -0.4 is 9.47 Å². The monoisotopic (exact) mass is 395 g/mol. The number of carbonyl (C=O) groups excluding carboxylic acids is 1. The molecule has 0 aliphatic heterocycles. The summed E-state index contributed by atoms with van der Waals surface area (Å²) in [6, 6.07) is 12.0. The third kappa shape index (κ3) is 4.59. The Morgan fingerprint density at radius 1 is 1.21 bits per heavy atom. The van der Waals surface area contributed by atoms with Crippen LogP contribution >= 0.6 is 0 Å². The van der Waals surface area contributed by atoms with Crippen LogP contribution in [0.15, 0.2) is 47.6 Å². The minimum absolute atomic E-state index is 0.254. The highest BCUT2D eigenvalue weighted by molar-refractivity contribution is 5.77. The molecule has 3 rings (SSSR count). The van der Waals surface area contributed by atoms with Crippen LogP contribution in [0.5, 0.6) is 11.5 Å². The van der Waals surface area contributed by atoms with E-state index >= 15 is 0 Å². The van der Waals surface area contributed by atoms with Gasteiger partial charge in [-0.3, -0.25) is 4.79 Å². The van der Waals surface area contributed by atoms with Crippen molar-refractivity contribution in [3.05, 3.63) is 64.3 Å². The van der Waals surface area contributed by atoms with E-state index in [2.05, 4.69) is 19.7 Å². The molecule has 1 aromatic heterocycles. The van der Waals surface area contributed by atoms with Gasteiger partial charge < -0.3 is 18.8 Å². The van der Waals surface area contributed by atoms with Gasteiger partial charge >= 0.3 is 5.97 Å². The molecular weight excluding hydrogens is 374 g/mol. The molecule has 3 aromatic rings. The van der Waals surface area contributed by atoms with Crippen LogP contribution in [0.1, 0.15) is 11.4 Å². The van der Waals surface area contributed by atoms with Crippen molar-refractivity contribution in [2.45, 2.75) is 19.1 Å². The van der Waals surface area contributed by atoms with Crippen molar-refractivity contribution in [2.24, 2.45) is 12.2 Å². The molecule has 0 spiro atoms. The fraction of sp³-hybridized carbons (Fsp3) is 0.300. The molecular formula is C20H21N5O4. The second kappa shape index (κ2) is 8.99. The van der Waals surface area contributed by atoms with Gasteiger partial charge in [0.15, 0.2) is 0 Å². The van der Waals surface area contributed by atoms with E-state index in [0.29, 0.717) is 12.4 Å². The van der Waals surface area contributed by atoms with Crippen LogP contribution in [0.25, 0.3) is 21.5 Å². The Kier molecular flexibility index (Phi) is 6.21. The molecule has 0 N–H and O–H groups in total. The molecule has 9 nitrogen and oxygen atoms in total. The van der Waals surface area contributed by atoms with E-state index < -0.39 is 12.0 Å². The third-order valence-corrected chi connectivity index (χ3v) is 4.57. The van der Waals surface area contributed by atoms with Crippen LogP contribution in [0.2, 0.25) is 0 Å². The summed E-state index contributed by atoms with van der Waals surface area (Å²) in [5.74, 6) is 1.65. The van der Waals surface area contributed by atoms with Gasteiger partial charge in [-0.1, -0.05) is 17.2 Å². The second-order valence-corrected chi connectivity index (χ2v) is 6.32. The van der Waals surface area contributed by atoms with Crippen molar-refractivity contribution in [3.63, 3.8) is 0 Å². The molecule has 9 heteroatoms. The average Bonchev–Trinajstić information content (AvgIpc) is 3.07. The van der Waals surface area contributed by atoms with E-state index in [4.69, 9.17) is 15.0 Å². The molecule has 0 bridgehead atoms. The van der Waals surface area contributed by atoms with E-state index in [1.807, 2.05) is 41.9 Å². The molecule has 0 aliphatic rings. The average molecular weight is 395 g/mol. The van der Waals surface area contributed by atoms with E-state index in [1.54, 1.807) is 19.2 Å². The second-order valence-electron chi connectivity index (χ2n) is 6.32. The SMILES string of the molecule is COC(=O)C(Cc1ccc(OCc2nc3ccc(OC)cc3n2C)cc1)N=[N+]=[N-]. The Hall–Kier alpha value is -3.71. The summed E-state index contributed by atoms with van der Waals surface area (Å²) < 4.78 is 17.7. The van der Waals surface area contributed by atoms with Crippen molar-refractivity contribution in [3.8, 4) is 11.5 Å². The maximum Gasteiger partial charge on any atom is 0.314 e. The number of aryl methyl sites for hydroxylation is 1. The van der Waals surface area contributed by atoms with E-state index in [9.17, 15) is 4.79 Å². The van der Waals surface area contributed by atoms with Crippen molar-refractivity contribution in [1.29, 1.82) is 0 Å². The summed E-state index contributed by atoms with van der Waals surface area (Å²) in [5, 5.41) is 3.49. The lowest BCUT2D eigenvalue weighted by molar-refractivity contribution is -0.142. The van der Waals surface area contributed by atoms with E-state index in [0.717, 1.165) is 28.2 Å². The fourth-order valence-corrected chi connectivity index (χ4v) is 2.94. The number of esters is 1. The lowest BCUT2D eigenvalue weighted by Crippen LogP contribution is -2.22.